The molecule has 0 unspecified atom stereocenters. The third-order valence-corrected chi connectivity index (χ3v) is 4.76. The number of rotatable bonds is 7. The van der Waals surface area contributed by atoms with E-state index in [0.29, 0.717) is 11.8 Å². The van der Waals surface area contributed by atoms with Gasteiger partial charge in [0.15, 0.2) is 6.79 Å². The van der Waals surface area contributed by atoms with E-state index in [2.05, 4.69) is 5.16 Å². The van der Waals surface area contributed by atoms with Gasteiger partial charge in [0.25, 0.3) is 5.88 Å². The third-order valence-electron chi connectivity index (χ3n) is 4.76. The van der Waals surface area contributed by atoms with Crippen LogP contribution in [-0.4, -0.2) is 25.2 Å². The average molecular weight is 369 g/mol. The number of para-hydroxylation sites is 1. The van der Waals surface area contributed by atoms with Gasteiger partial charge in [-0.15, -0.1) is 0 Å². The van der Waals surface area contributed by atoms with Gasteiger partial charge in [0.05, 0.1) is 11.7 Å². The van der Waals surface area contributed by atoms with Gasteiger partial charge in [0.2, 0.25) is 0 Å². The maximum absolute atomic E-state index is 13.1. The lowest BCUT2D eigenvalue weighted by atomic mass is 9.77. The Labute approximate surface area is 156 Å². The summed E-state index contributed by atoms with van der Waals surface area (Å²) in [5.74, 6) is 1.31. The van der Waals surface area contributed by atoms with Crippen LogP contribution >= 0.6 is 0 Å². The molecule has 1 fully saturated rings. The first-order valence-corrected chi connectivity index (χ1v) is 8.82. The summed E-state index contributed by atoms with van der Waals surface area (Å²) in [6, 6.07) is 14.4. The van der Waals surface area contributed by atoms with Crippen molar-refractivity contribution in [3.8, 4) is 22.8 Å². The minimum absolute atomic E-state index is 0.0878. The maximum Gasteiger partial charge on any atom is 0.264 e. The molecule has 0 aliphatic heterocycles. The summed E-state index contributed by atoms with van der Waals surface area (Å²) in [6.45, 7) is 0.0878. The Bertz CT molecular complexity index is 887. The molecule has 140 valence electrons. The van der Waals surface area contributed by atoms with E-state index in [1.54, 1.807) is 7.11 Å². The molecular weight excluding hydrogens is 349 g/mol. The molecule has 3 aromatic rings. The summed E-state index contributed by atoms with van der Waals surface area (Å²) in [6.07, 6.45) is 3.45. The number of ether oxygens (including phenoxy) is 3. The SMILES string of the molecule is COCOc1nocc1-c1ccccc1O[C@H]1C[C@H](c2ccc(F)cc2)C1. The Morgan fingerprint density at radius 2 is 1.85 bits per heavy atom. The normalized spacial score (nSPS) is 18.7. The van der Waals surface area contributed by atoms with Crippen LogP contribution in [0.25, 0.3) is 11.1 Å². The molecule has 5 nitrogen and oxygen atoms in total. The van der Waals surface area contributed by atoms with E-state index in [1.165, 1.54) is 18.4 Å². The number of hydrogen-bond donors (Lipinski definition) is 0. The van der Waals surface area contributed by atoms with Crippen molar-refractivity contribution in [2.75, 3.05) is 13.9 Å². The molecule has 0 saturated heterocycles. The Hall–Kier alpha value is -2.86. The monoisotopic (exact) mass is 369 g/mol. The van der Waals surface area contributed by atoms with Crippen LogP contribution in [0.4, 0.5) is 4.39 Å². The van der Waals surface area contributed by atoms with Crippen molar-refractivity contribution in [1.29, 1.82) is 0 Å². The summed E-state index contributed by atoms with van der Waals surface area (Å²) < 4.78 is 34.7. The van der Waals surface area contributed by atoms with Crippen molar-refractivity contribution in [2.45, 2.75) is 24.9 Å². The zero-order valence-corrected chi connectivity index (χ0v) is 14.9. The van der Waals surface area contributed by atoms with Gasteiger partial charge in [-0.25, -0.2) is 4.39 Å². The Morgan fingerprint density at radius 3 is 2.63 bits per heavy atom. The lowest BCUT2D eigenvalue weighted by Gasteiger charge is -2.36. The van der Waals surface area contributed by atoms with E-state index < -0.39 is 0 Å². The third kappa shape index (κ3) is 3.80. The maximum atomic E-state index is 13.1. The van der Waals surface area contributed by atoms with Crippen molar-refractivity contribution in [2.24, 2.45) is 0 Å². The smallest absolute Gasteiger partial charge is 0.264 e. The first kappa shape index (κ1) is 17.5. The van der Waals surface area contributed by atoms with Gasteiger partial charge in [-0.05, 0) is 47.7 Å². The molecular formula is C21H20FNO4. The Balaban J connectivity index is 1.45. The largest absolute Gasteiger partial charge is 0.490 e. The molecule has 0 atom stereocenters. The van der Waals surface area contributed by atoms with Crippen LogP contribution in [0.5, 0.6) is 11.6 Å². The molecule has 1 aromatic heterocycles. The van der Waals surface area contributed by atoms with Gasteiger partial charge in [-0.2, -0.15) is 0 Å². The standard InChI is InChI=1S/C21H20FNO4/c1-24-13-25-21-19(12-26-23-21)18-4-2-3-5-20(18)27-17-10-15(11-17)14-6-8-16(22)9-7-14/h2-9,12,15,17H,10-11,13H2,1H3/t15-,17-. The summed E-state index contributed by atoms with van der Waals surface area (Å²) in [4.78, 5) is 0. The fourth-order valence-electron chi connectivity index (χ4n) is 3.26. The number of aromatic nitrogens is 1. The van der Waals surface area contributed by atoms with Gasteiger partial charge < -0.3 is 18.7 Å². The second-order valence-electron chi connectivity index (χ2n) is 6.54. The van der Waals surface area contributed by atoms with Crippen LogP contribution in [0.1, 0.15) is 24.3 Å². The zero-order valence-electron chi connectivity index (χ0n) is 14.9. The zero-order chi connectivity index (χ0) is 18.6. The second kappa shape index (κ2) is 7.80. The highest BCUT2D eigenvalue weighted by Crippen LogP contribution is 2.42. The number of halogens is 1. The van der Waals surface area contributed by atoms with Crippen LogP contribution in [0.2, 0.25) is 0 Å². The van der Waals surface area contributed by atoms with Gasteiger partial charge in [0.1, 0.15) is 17.8 Å². The van der Waals surface area contributed by atoms with Crippen molar-refractivity contribution in [1.82, 2.24) is 5.16 Å². The molecule has 6 heteroatoms. The Morgan fingerprint density at radius 1 is 1.07 bits per heavy atom. The molecule has 0 amide bonds. The molecule has 1 aliphatic rings. The van der Waals surface area contributed by atoms with Crippen molar-refractivity contribution in [3.63, 3.8) is 0 Å². The summed E-state index contributed by atoms with van der Waals surface area (Å²) in [5.41, 5.74) is 2.73. The van der Waals surface area contributed by atoms with Crippen molar-refractivity contribution >= 4 is 0 Å². The summed E-state index contributed by atoms with van der Waals surface area (Å²) in [7, 11) is 1.55. The molecule has 1 saturated carbocycles. The van der Waals surface area contributed by atoms with E-state index in [4.69, 9.17) is 18.7 Å². The van der Waals surface area contributed by atoms with E-state index in [1.807, 2.05) is 36.4 Å². The molecule has 2 aromatic carbocycles. The Kier molecular flexibility index (Phi) is 5.07. The van der Waals surface area contributed by atoms with Crippen molar-refractivity contribution < 1.29 is 23.1 Å². The minimum Gasteiger partial charge on any atom is -0.490 e. The number of benzene rings is 2. The number of nitrogens with zero attached hydrogens (tertiary/aromatic N) is 1. The van der Waals surface area contributed by atoms with Gasteiger partial charge in [-0.1, -0.05) is 30.3 Å². The lowest BCUT2D eigenvalue weighted by molar-refractivity contribution is 0.0456. The van der Waals surface area contributed by atoms with Crippen molar-refractivity contribution in [3.05, 3.63) is 66.2 Å². The summed E-state index contributed by atoms with van der Waals surface area (Å²) >= 11 is 0. The lowest BCUT2D eigenvalue weighted by Crippen LogP contribution is -2.32. The van der Waals surface area contributed by atoms with E-state index >= 15 is 0 Å². The topological polar surface area (TPSA) is 53.7 Å². The van der Waals surface area contributed by atoms with E-state index in [-0.39, 0.29) is 18.7 Å². The quantitative estimate of drug-likeness (QED) is 0.561. The van der Waals surface area contributed by atoms with Gasteiger partial charge >= 0.3 is 0 Å². The molecule has 1 heterocycles. The molecule has 0 spiro atoms. The van der Waals surface area contributed by atoms with Gasteiger partial charge in [0, 0.05) is 12.7 Å². The van der Waals surface area contributed by atoms with Crippen LogP contribution in [0.15, 0.2) is 59.3 Å². The molecule has 1 aliphatic carbocycles. The fourth-order valence-corrected chi connectivity index (χ4v) is 3.26. The number of hydrogen-bond acceptors (Lipinski definition) is 5. The van der Waals surface area contributed by atoms with Crippen LogP contribution in [0.3, 0.4) is 0 Å². The molecule has 0 bridgehead atoms. The first-order valence-electron chi connectivity index (χ1n) is 8.82. The van der Waals surface area contributed by atoms with Crippen LogP contribution in [-0.2, 0) is 4.74 Å². The molecule has 0 radical (unpaired) electrons. The van der Waals surface area contributed by atoms with Crippen LogP contribution in [0, 0.1) is 5.82 Å². The predicted octanol–water partition coefficient (Wildman–Crippen LogP) is 4.79. The minimum atomic E-state index is -0.208. The highest BCUT2D eigenvalue weighted by Gasteiger charge is 2.32. The summed E-state index contributed by atoms with van der Waals surface area (Å²) in [5, 5.41) is 3.88. The van der Waals surface area contributed by atoms with Crippen LogP contribution < -0.4 is 9.47 Å². The fraction of sp³-hybridized carbons (Fsp3) is 0.286. The second-order valence-corrected chi connectivity index (χ2v) is 6.54. The molecule has 0 N–H and O–H groups in total. The predicted molar refractivity (Wildman–Crippen MR) is 97.2 cm³/mol. The number of methoxy groups -OCH3 is 1. The molecule has 27 heavy (non-hydrogen) atoms. The van der Waals surface area contributed by atoms with E-state index in [0.717, 1.165) is 35.3 Å². The van der Waals surface area contributed by atoms with Gasteiger partial charge in [-0.3, -0.25) is 0 Å². The highest BCUT2D eigenvalue weighted by molar-refractivity contribution is 5.73. The molecule has 4 rings (SSSR count). The first-order chi connectivity index (χ1) is 13.2. The van der Waals surface area contributed by atoms with E-state index in [9.17, 15) is 4.39 Å². The highest BCUT2D eigenvalue weighted by atomic mass is 19.1. The average Bonchev–Trinajstić information content (AvgIpc) is 3.12.